The number of aromatic nitrogens is 1. The predicted molar refractivity (Wildman–Crippen MR) is 88.2 cm³/mol. The number of hydrogen-bond acceptors (Lipinski definition) is 2. The molecule has 1 amide bonds. The molecule has 1 aromatic carbocycles. The summed E-state index contributed by atoms with van der Waals surface area (Å²) >= 11 is 0. The highest BCUT2D eigenvalue weighted by atomic mass is 35.5. The van der Waals surface area contributed by atoms with Gasteiger partial charge in [0.1, 0.15) is 5.69 Å². The van der Waals surface area contributed by atoms with Crippen molar-refractivity contribution in [2.45, 2.75) is 19.8 Å². The molecule has 0 unspecified atom stereocenters. The Morgan fingerprint density at radius 2 is 2.00 bits per heavy atom. The molecule has 0 saturated heterocycles. The number of benzene rings is 1. The normalized spacial score (nSPS) is 13.5. The molecule has 0 spiro atoms. The van der Waals surface area contributed by atoms with Crippen LogP contribution in [0.1, 0.15) is 28.2 Å². The first-order valence-corrected chi connectivity index (χ1v) is 6.91. The molecule has 4 nitrogen and oxygen atoms in total. The van der Waals surface area contributed by atoms with Crippen molar-refractivity contribution in [2.24, 2.45) is 7.05 Å². The fourth-order valence-corrected chi connectivity index (χ4v) is 2.83. The summed E-state index contributed by atoms with van der Waals surface area (Å²) in [6, 6.07) is 9.66. The Hall–Kier alpha value is -1.94. The lowest BCUT2D eigenvalue weighted by atomic mass is 9.99. The number of halogens is 1. The minimum atomic E-state index is 0. The Balaban J connectivity index is 0.00000161. The second-order valence-corrected chi connectivity index (χ2v) is 5.32. The van der Waals surface area contributed by atoms with E-state index in [2.05, 4.69) is 0 Å². The zero-order valence-corrected chi connectivity index (χ0v) is 13.1. The van der Waals surface area contributed by atoms with Crippen molar-refractivity contribution in [3.05, 3.63) is 47.3 Å². The summed E-state index contributed by atoms with van der Waals surface area (Å²) in [6.07, 6.45) is 1.90. The van der Waals surface area contributed by atoms with Crippen molar-refractivity contribution in [3.8, 4) is 0 Å². The van der Waals surface area contributed by atoms with Crippen LogP contribution in [0.25, 0.3) is 0 Å². The van der Waals surface area contributed by atoms with E-state index in [0.717, 1.165) is 47.7 Å². The number of nitrogens with zero attached hydrogens (tertiary/aromatic N) is 2. The fourth-order valence-electron chi connectivity index (χ4n) is 2.83. The molecule has 0 radical (unpaired) electrons. The van der Waals surface area contributed by atoms with Gasteiger partial charge < -0.3 is 15.2 Å². The molecule has 1 aliphatic rings. The summed E-state index contributed by atoms with van der Waals surface area (Å²) in [4.78, 5) is 14.6. The van der Waals surface area contributed by atoms with E-state index in [-0.39, 0.29) is 18.3 Å². The highest BCUT2D eigenvalue weighted by molar-refractivity contribution is 6.06. The second-order valence-electron chi connectivity index (χ2n) is 5.32. The molecule has 1 aliphatic heterocycles. The van der Waals surface area contributed by atoms with E-state index in [4.69, 9.17) is 5.73 Å². The first-order chi connectivity index (χ1) is 9.59. The maximum Gasteiger partial charge on any atom is 0.274 e. The van der Waals surface area contributed by atoms with Crippen LogP contribution >= 0.6 is 12.4 Å². The van der Waals surface area contributed by atoms with Gasteiger partial charge in [0.05, 0.1) is 0 Å². The summed E-state index contributed by atoms with van der Waals surface area (Å²) < 4.78 is 1.93. The highest BCUT2D eigenvalue weighted by Gasteiger charge is 2.26. The van der Waals surface area contributed by atoms with Gasteiger partial charge in [-0.1, -0.05) is 6.07 Å². The third-order valence-electron chi connectivity index (χ3n) is 4.12. The van der Waals surface area contributed by atoms with Crippen molar-refractivity contribution in [1.82, 2.24) is 4.57 Å². The number of carbonyl (C=O) groups excluding carboxylic acids is 1. The predicted octanol–water partition coefficient (Wildman–Crippen LogP) is 2.93. The van der Waals surface area contributed by atoms with E-state index in [1.165, 1.54) is 0 Å². The van der Waals surface area contributed by atoms with Crippen LogP contribution in [0.5, 0.6) is 0 Å². The lowest BCUT2D eigenvalue weighted by Gasteiger charge is -2.30. The minimum Gasteiger partial charge on any atom is -0.398 e. The third-order valence-corrected chi connectivity index (χ3v) is 4.12. The molecule has 0 fully saturated rings. The second kappa shape index (κ2) is 5.82. The number of nitrogen functional groups attached to an aromatic ring is 1. The van der Waals surface area contributed by atoms with Gasteiger partial charge in [0, 0.05) is 30.7 Å². The molecule has 3 rings (SSSR count). The summed E-state index contributed by atoms with van der Waals surface area (Å²) in [5, 5.41) is 0. The molecule has 2 N–H and O–H groups in total. The van der Waals surface area contributed by atoms with Gasteiger partial charge in [-0.25, -0.2) is 0 Å². The fraction of sp³-hybridized carbons (Fsp3) is 0.312. The van der Waals surface area contributed by atoms with Crippen LogP contribution in [0, 0.1) is 6.92 Å². The largest absolute Gasteiger partial charge is 0.398 e. The van der Waals surface area contributed by atoms with Gasteiger partial charge >= 0.3 is 0 Å². The van der Waals surface area contributed by atoms with Crippen LogP contribution in [0.3, 0.4) is 0 Å². The van der Waals surface area contributed by atoms with Crippen LogP contribution < -0.4 is 10.6 Å². The smallest absolute Gasteiger partial charge is 0.274 e. The number of carbonyl (C=O) groups is 1. The number of nitrogens with two attached hydrogens (primary N) is 1. The molecule has 112 valence electrons. The summed E-state index contributed by atoms with van der Waals surface area (Å²) in [7, 11) is 1.92. The molecule has 5 heteroatoms. The van der Waals surface area contributed by atoms with Crippen molar-refractivity contribution in [1.29, 1.82) is 0 Å². The van der Waals surface area contributed by atoms with Crippen molar-refractivity contribution in [3.63, 3.8) is 0 Å². The quantitative estimate of drug-likeness (QED) is 0.824. The van der Waals surface area contributed by atoms with Crippen LogP contribution in [-0.2, 0) is 13.5 Å². The van der Waals surface area contributed by atoms with Crippen LogP contribution in [0.15, 0.2) is 30.3 Å². The number of aryl methyl sites for hydroxylation is 1. The number of hydrogen-bond donors (Lipinski definition) is 1. The maximum absolute atomic E-state index is 12.8. The molecule has 0 bridgehead atoms. The molecule has 2 heterocycles. The minimum absolute atomic E-state index is 0. The number of amides is 1. The number of rotatable bonds is 1. The standard InChI is InChI=1S/C16H19N3O.ClH/c1-11-8-9-15(18(11)2)16(20)19-10-4-5-12-13(17)6-3-7-14(12)19;/h3,6-9H,4-5,10,17H2,1-2H3;1H. The first kappa shape index (κ1) is 15.4. The molecule has 2 aromatic rings. The van der Waals surface area contributed by atoms with E-state index < -0.39 is 0 Å². The molecule has 0 atom stereocenters. The van der Waals surface area contributed by atoms with Gasteiger partial charge in [-0.2, -0.15) is 0 Å². The van der Waals surface area contributed by atoms with Crippen LogP contribution in [-0.4, -0.2) is 17.0 Å². The maximum atomic E-state index is 12.8. The lowest BCUT2D eigenvalue weighted by molar-refractivity contribution is 0.0977. The van der Waals surface area contributed by atoms with E-state index in [9.17, 15) is 4.79 Å². The van der Waals surface area contributed by atoms with Gasteiger partial charge in [-0.3, -0.25) is 4.79 Å². The average Bonchev–Trinajstić information content (AvgIpc) is 2.78. The number of fused-ring (bicyclic) bond motifs is 1. The monoisotopic (exact) mass is 305 g/mol. The molecular formula is C16H20ClN3O. The van der Waals surface area contributed by atoms with Gasteiger partial charge in [0.2, 0.25) is 0 Å². The zero-order chi connectivity index (χ0) is 14.3. The Labute approximate surface area is 131 Å². The highest BCUT2D eigenvalue weighted by Crippen LogP contribution is 2.32. The van der Waals surface area contributed by atoms with E-state index in [1.54, 1.807) is 0 Å². The van der Waals surface area contributed by atoms with Gasteiger partial charge in [-0.05, 0) is 49.6 Å². The third kappa shape index (κ3) is 2.51. The lowest BCUT2D eigenvalue weighted by Crippen LogP contribution is -2.36. The molecule has 21 heavy (non-hydrogen) atoms. The van der Waals surface area contributed by atoms with Crippen LogP contribution in [0.4, 0.5) is 11.4 Å². The van der Waals surface area contributed by atoms with Gasteiger partial charge in [-0.15, -0.1) is 12.4 Å². The zero-order valence-electron chi connectivity index (χ0n) is 12.3. The van der Waals surface area contributed by atoms with Crippen molar-refractivity contribution in [2.75, 3.05) is 17.2 Å². The number of anilines is 2. The molecule has 0 aliphatic carbocycles. The first-order valence-electron chi connectivity index (χ1n) is 6.91. The Bertz CT molecular complexity index is 678. The van der Waals surface area contributed by atoms with E-state index >= 15 is 0 Å². The van der Waals surface area contributed by atoms with E-state index in [0.29, 0.717) is 0 Å². The van der Waals surface area contributed by atoms with Gasteiger partial charge in [0.25, 0.3) is 5.91 Å². The Morgan fingerprint density at radius 1 is 1.24 bits per heavy atom. The Morgan fingerprint density at radius 3 is 2.67 bits per heavy atom. The SMILES string of the molecule is Cc1ccc(C(=O)N2CCCc3c(N)cccc32)n1C.Cl. The molecule has 0 saturated carbocycles. The molecule has 1 aromatic heterocycles. The van der Waals surface area contributed by atoms with Gasteiger partial charge in [0.15, 0.2) is 0 Å². The topological polar surface area (TPSA) is 51.3 Å². The average molecular weight is 306 g/mol. The van der Waals surface area contributed by atoms with E-state index in [1.807, 2.05) is 53.8 Å². The summed E-state index contributed by atoms with van der Waals surface area (Å²) in [5.41, 5.74) is 10.7. The van der Waals surface area contributed by atoms with Crippen molar-refractivity contribution >= 4 is 29.7 Å². The van der Waals surface area contributed by atoms with Crippen molar-refractivity contribution < 1.29 is 4.79 Å². The summed E-state index contributed by atoms with van der Waals surface area (Å²) in [5.74, 6) is 0.0483. The van der Waals surface area contributed by atoms with Crippen LogP contribution in [0.2, 0.25) is 0 Å². The molecular weight excluding hydrogens is 286 g/mol. The summed E-state index contributed by atoms with van der Waals surface area (Å²) in [6.45, 7) is 2.75. The Kier molecular flexibility index (Phi) is 4.28.